The maximum Gasteiger partial charge on any atom is 0.321 e. The molecule has 34 heavy (non-hydrogen) atoms. The van der Waals surface area contributed by atoms with Crippen molar-refractivity contribution in [2.75, 3.05) is 7.11 Å². The smallest absolute Gasteiger partial charge is 0.321 e. The van der Waals surface area contributed by atoms with Crippen LogP contribution in [0.2, 0.25) is 0 Å². The van der Waals surface area contributed by atoms with E-state index in [1.54, 1.807) is 25.6 Å². The summed E-state index contributed by atoms with van der Waals surface area (Å²) in [6, 6.07) is 18.9. The third-order valence-electron chi connectivity index (χ3n) is 6.98. The Morgan fingerprint density at radius 2 is 1.88 bits per heavy atom. The number of rotatable bonds is 6. The highest BCUT2D eigenvalue weighted by atomic mass is 16.5. The lowest BCUT2D eigenvalue weighted by Gasteiger charge is -2.35. The molecule has 2 aromatic carbocycles. The van der Waals surface area contributed by atoms with Crippen LogP contribution in [0.1, 0.15) is 49.8 Å². The second-order valence-electron chi connectivity index (χ2n) is 9.32. The first-order chi connectivity index (χ1) is 16.5. The van der Waals surface area contributed by atoms with Crippen molar-refractivity contribution in [2.45, 2.75) is 56.8 Å². The Balaban J connectivity index is 1.45. The summed E-state index contributed by atoms with van der Waals surface area (Å²) < 4.78 is 11.2. The zero-order chi connectivity index (χ0) is 23.5. The van der Waals surface area contributed by atoms with Crippen LogP contribution < -0.4 is 14.8 Å². The SMILES string of the molecule is COc1ccc([C@@H]2C[C@]3(C)NC(=O)CCC[C@@H]3N2Cc2cccc(Oc3ncccn3)c2)cc1. The number of nitrogens with zero attached hydrogens (tertiary/aromatic N) is 3. The second-order valence-corrected chi connectivity index (χ2v) is 9.32. The average molecular weight is 459 g/mol. The maximum absolute atomic E-state index is 12.5. The fourth-order valence-electron chi connectivity index (χ4n) is 5.41. The van der Waals surface area contributed by atoms with Gasteiger partial charge in [0.1, 0.15) is 11.5 Å². The van der Waals surface area contributed by atoms with Gasteiger partial charge in [-0.1, -0.05) is 24.3 Å². The molecule has 1 N–H and O–H groups in total. The Morgan fingerprint density at radius 3 is 2.65 bits per heavy atom. The van der Waals surface area contributed by atoms with Crippen LogP contribution in [0.4, 0.5) is 0 Å². The van der Waals surface area contributed by atoms with E-state index in [0.717, 1.165) is 37.1 Å². The fourth-order valence-corrected chi connectivity index (χ4v) is 5.41. The summed E-state index contributed by atoms with van der Waals surface area (Å²) in [5, 5.41) is 3.35. The van der Waals surface area contributed by atoms with E-state index in [9.17, 15) is 4.79 Å². The molecule has 5 rings (SSSR count). The number of likely N-dealkylation sites (tertiary alicyclic amines) is 1. The highest BCUT2D eigenvalue weighted by molar-refractivity contribution is 5.77. The molecule has 3 atom stereocenters. The number of carbonyl (C=O) groups is 1. The van der Waals surface area contributed by atoms with Crippen LogP contribution in [-0.4, -0.2) is 39.5 Å². The van der Waals surface area contributed by atoms with Crippen molar-refractivity contribution in [2.24, 2.45) is 0 Å². The van der Waals surface area contributed by atoms with Gasteiger partial charge in [-0.2, -0.15) is 0 Å². The lowest BCUT2D eigenvalue weighted by Crippen LogP contribution is -2.52. The molecule has 0 unspecified atom stereocenters. The summed E-state index contributed by atoms with van der Waals surface area (Å²) in [4.78, 5) is 23.3. The lowest BCUT2D eigenvalue weighted by molar-refractivity contribution is -0.122. The summed E-state index contributed by atoms with van der Waals surface area (Å²) >= 11 is 0. The molecule has 2 aliphatic rings. The summed E-state index contributed by atoms with van der Waals surface area (Å²) in [7, 11) is 1.68. The number of benzene rings is 2. The van der Waals surface area contributed by atoms with Crippen LogP contribution >= 0.6 is 0 Å². The minimum absolute atomic E-state index is 0.151. The van der Waals surface area contributed by atoms with Gasteiger partial charge in [0.25, 0.3) is 0 Å². The summed E-state index contributed by atoms with van der Waals surface area (Å²) in [6.45, 7) is 2.95. The molecule has 0 aliphatic carbocycles. The number of ether oxygens (including phenoxy) is 2. The molecular weight excluding hydrogens is 428 g/mol. The standard InChI is InChI=1S/C27H30N4O3/c1-27-17-23(20-10-12-21(33-2)13-11-20)31(24(27)8-4-9-25(32)30-27)18-19-6-3-7-22(16-19)34-26-28-14-5-15-29-26/h3,5-7,10-16,23-24H,4,8-9,17-18H2,1-2H3,(H,30,32)/t23-,24-,27-/m0/s1. The van der Waals surface area contributed by atoms with E-state index in [0.29, 0.717) is 18.2 Å². The number of hydrogen-bond donors (Lipinski definition) is 1. The van der Waals surface area contributed by atoms with Gasteiger partial charge in [-0.05, 0) is 67.6 Å². The monoisotopic (exact) mass is 458 g/mol. The van der Waals surface area contributed by atoms with Crippen molar-refractivity contribution in [1.29, 1.82) is 0 Å². The molecule has 0 saturated carbocycles. The van der Waals surface area contributed by atoms with Crippen molar-refractivity contribution in [3.8, 4) is 17.5 Å². The molecule has 0 spiro atoms. The van der Waals surface area contributed by atoms with E-state index in [4.69, 9.17) is 9.47 Å². The third-order valence-corrected chi connectivity index (χ3v) is 6.98. The first kappa shape index (κ1) is 22.3. The Bertz CT molecular complexity index is 1140. The van der Waals surface area contributed by atoms with Crippen molar-refractivity contribution >= 4 is 5.91 Å². The minimum atomic E-state index is -0.274. The quantitative estimate of drug-likeness (QED) is 0.579. The van der Waals surface area contributed by atoms with Gasteiger partial charge in [-0.15, -0.1) is 0 Å². The third kappa shape index (κ3) is 4.61. The largest absolute Gasteiger partial charge is 0.497 e. The number of aromatic nitrogens is 2. The summed E-state index contributed by atoms with van der Waals surface area (Å²) in [5.41, 5.74) is 2.10. The Hall–Kier alpha value is -3.45. The van der Waals surface area contributed by atoms with Gasteiger partial charge >= 0.3 is 6.01 Å². The Morgan fingerprint density at radius 1 is 1.09 bits per heavy atom. The van der Waals surface area contributed by atoms with Gasteiger partial charge in [-0.3, -0.25) is 9.69 Å². The number of methoxy groups -OCH3 is 1. The lowest BCUT2D eigenvalue weighted by atomic mass is 9.88. The molecule has 3 aromatic rings. The second kappa shape index (κ2) is 9.43. The van der Waals surface area contributed by atoms with Crippen LogP contribution in [0.3, 0.4) is 0 Å². The minimum Gasteiger partial charge on any atom is -0.497 e. The van der Waals surface area contributed by atoms with Crippen molar-refractivity contribution in [1.82, 2.24) is 20.2 Å². The van der Waals surface area contributed by atoms with Crippen LogP contribution in [0.25, 0.3) is 0 Å². The number of fused-ring (bicyclic) bond motifs is 1. The van der Waals surface area contributed by atoms with Crippen LogP contribution in [0, 0.1) is 0 Å². The van der Waals surface area contributed by atoms with Crippen LogP contribution in [-0.2, 0) is 11.3 Å². The molecule has 7 heteroatoms. The molecule has 2 fully saturated rings. The molecule has 176 valence electrons. The van der Waals surface area contributed by atoms with Gasteiger partial charge in [0, 0.05) is 37.4 Å². The number of hydrogen-bond acceptors (Lipinski definition) is 6. The molecule has 2 saturated heterocycles. The van der Waals surface area contributed by atoms with E-state index in [1.807, 2.05) is 30.3 Å². The first-order valence-electron chi connectivity index (χ1n) is 11.8. The van der Waals surface area contributed by atoms with Crippen LogP contribution in [0.15, 0.2) is 67.0 Å². The van der Waals surface area contributed by atoms with Gasteiger partial charge in [0.05, 0.1) is 12.6 Å². The zero-order valence-corrected chi connectivity index (χ0v) is 19.6. The first-order valence-corrected chi connectivity index (χ1v) is 11.8. The van der Waals surface area contributed by atoms with E-state index in [-0.39, 0.29) is 23.5 Å². The van der Waals surface area contributed by atoms with E-state index >= 15 is 0 Å². The van der Waals surface area contributed by atoms with Gasteiger partial charge in [-0.25, -0.2) is 9.97 Å². The molecule has 0 bridgehead atoms. The molecule has 1 aromatic heterocycles. The van der Waals surface area contributed by atoms with E-state index < -0.39 is 0 Å². The predicted octanol–water partition coefficient (Wildman–Crippen LogP) is 4.65. The maximum atomic E-state index is 12.5. The normalized spacial score (nSPS) is 24.7. The molecule has 7 nitrogen and oxygen atoms in total. The van der Waals surface area contributed by atoms with Crippen molar-refractivity contribution in [3.05, 3.63) is 78.1 Å². The van der Waals surface area contributed by atoms with E-state index in [1.165, 1.54) is 5.56 Å². The molecular formula is C27H30N4O3. The average Bonchev–Trinajstić information content (AvgIpc) is 3.01. The summed E-state index contributed by atoms with van der Waals surface area (Å²) in [6.07, 6.45) is 6.66. The highest BCUT2D eigenvalue weighted by Gasteiger charge is 2.50. The van der Waals surface area contributed by atoms with Gasteiger partial charge in [0.2, 0.25) is 5.91 Å². The number of carbonyl (C=O) groups excluding carboxylic acids is 1. The van der Waals surface area contributed by atoms with E-state index in [2.05, 4.69) is 45.3 Å². The van der Waals surface area contributed by atoms with Gasteiger partial charge < -0.3 is 14.8 Å². The predicted molar refractivity (Wildman–Crippen MR) is 129 cm³/mol. The zero-order valence-electron chi connectivity index (χ0n) is 19.6. The van der Waals surface area contributed by atoms with Gasteiger partial charge in [0.15, 0.2) is 0 Å². The Kier molecular flexibility index (Phi) is 6.20. The number of nitrogens with one attached hydrogen (secondary N) is 1. The Labute approximate surface area is 200 Å². The van der Waals surface area contributed by atoms with Crippen molar-refractivity contribution in [3.63, 3.8) is 0 Å². The molecule has 1 amide bonds. The highest BCUT2D eigenvalue weighted by Crippen LogP contribution is 2.46. The summed E-state index contributed by atoms with van der Waals surface area (Å²) in [5.74, 6) is 1.70. The topological polar surface area (TPSA) is 76.6 Å². The fraction of sp³-hybridized carbons (Fsp3) is 0.370. The molecule has 3 heterocycles. The van der Waals surface area contributed by atoms with Crippen molar-refractivity contribution < 1.29 is 14.3 Å². The number of amides is 1. The molecule has 2 aliphatic heterocycles. The van der Waals surface area contributed by atoms with Crippen LogP contribution in [0.5, 0.6) is 17.5 Å². The molecule has 0 radical (unpaired) electrons.